The van der Waals surface area contributed by atoms with Gasteiger partial charge in [0.25, 0.3) is 0 Å². The van der Waals surface area contributed by atoms with Crippen LogP contribution in [0.4, 0.5) is 0 Å². The van der Waals surface area contributed by atoms with Gasteiger partial charge in [0.2, 0.25) is 0 Å². The normalized spacial score (nSPS) is 15.4. The predicted octanol–water partition coefficient (Wildman–Crippen LogP) is -1.35. The molecule has 0 aliphatic rings. The van der Waals surface area contributed by atoms with E-state index in [9.17, 15) is 9.36 Å². The van der Waals surface area contributed by atoms with Gasteiger partial charge in [-0.2, -0.15) is 0 Å². The number of carbonyl (C=O) groups excluding carboxylic acids is 1. The summed E-state index contributed by atoms with van der Waals surface area (Å²) >= 11 is 0. The minimum atomic E-state index is -4.35. The third-order valence-electron chi connectivity index (χ3n) is 0.528. The van der Waals surface area contributed by atoms with Crippen molar-refractivity contribution >= 4 is 13.9 Å². The third-order valence-corrected chi connectivity index (χ3v) is 1.43. The van der Waals surface area contributed by atoms with Crippen molar-refractivity contribution in [3.63, 3.8) is 0 Å². The second-order valence-electron chi connectivity index (χ2n) is 1.22. The van der Waals surface area contributed by atoms with Gasteiger partial charge in [0.15, 0.2) is 5.78 Å². The second-order valence-corrected chi connectivity index (χ2v) is 2.99. The molecule has 0 amide bonds. The highest BCUT2D eigenvalue weighted by molar-refractivity contribution is 7.53. The van der Waals surface area contributed by atoms with Gasteiger partial charge in [-0.1, -0.05) is 0 Å². The van der Waals surface area contributed by atoms with Gasteiger partial charge in [-0.3, -0.25) is 4.57 Å². The molecule has 0 spiro atoms. The summed E-state index contributed by atoms with van der Waals surface area (Å²) < 4.78 is 9.90. The Morgan fingerprint density at radius 3 is 2.00 bits per heavy atom. The Morgan fingerprint density at radius 2 is 2.00 bits per heavy atom. The molecule has 0 fully saturated rings. The molecule has 1 unspecified atom stereocenters. The fourth-order valence-corrected chi connectivity index (χ4v) is 0.238. The van der Waals surface area contributed by atoms with E-state index < -0.39 is 13.4 Å². The van der Waals surface area contributed by atoms with E-state index in [1.807, 2.05) is 0 Å². The number of aldehydes is 1. The summed E-state index contributed by atoms with van der Waals surface area (Å²) in [5.74, 6) is -1.66. The molecule has 4 N–H and O–H groups in total. The molecule has 0 aromatic heterocycles. The lowest BCUT2D eigenvalue weighted by atomic mass is 10.8. The Hall–Kier alpha value is -0.220. The van der Waals surface area contributed by atoms with Gasteiger partial charge >= 0.3 is 7.60 Å². The topological polar surface area (TPSA) is 101 Å². The number of hydrogen-bond acceptors (Lipinski definition) is 3. The molecule has 0 radical (unpaired) electrons. The molecule has 5 nitrogen and oxygen atoms in total. The van der Waals surface area contributed by atoms with E-state index in [4.69, 9.17) is 9.79 Å². The van der Waals surface area contributed by atoms with Crippen molar-refractivity contribution in [3.05, 3.63) is 0 Å². The monoisotopic (exact) mass is 139 g/mol. The lowest BCUT2D eigenvalue weighted by molar-refractivity contribution is -0.107. The van der Waals surface area contributed by atoms with Gasteiger partial charge in [0.1, 0.15) is 6.29 Å². The van der Waals surface area contributed by atoms with Gasteiger partial charge in [-0.15, -0.1) is 0 Å². The van der Waals surface area contributed by atoms with Crippen LogP contribution in [0.5, 0.6) is 0 Å². The van der Waals surface area contributed by atoms with E-state index in [2.05, 4.69) is 5.73 Å². The van der Waals surface area contributed by atoms with Crippen molar-refractivity contribution in [1.29, 1.82) is 0 Å². The van der Waals surface area contributed by atoms with Crippen LogP contribution in [0.3, 0.4) is 0 Å². The third kappa shape index (κ3) is 2.18. The maximum atomic E-state index is 9.90. The van der Waals surface area contributed by atoms with Crippen LogP contribution in [-0.2, 0) is 9.36 Å². The first kappa shape index (κ1) is 7.78. The predicted molar refractivity (Wildman–Crippen MR) is 26.1 cm³/mol. The smallest absolute Gasteiger partial charge is 0.323 e. The molecule has 48 valence electrons. The lowest BCUT2D eigenvalue weighted by Crippen LogP contribution is -2.20. The van der Waals surface area contributed by atoms with Gasteiger partial charge in [0, 0.05) is 0 Å². The van der Waals surface area contributed by atoms with Crippen LogP contribution in [-0.4, -0.2) is 21.9 Å². The summed E-state index contributed by atoms with van der Waals surface area (Å²) in [6, 6.07) is 0. The SMILES string of the molecule is NC(C=O)P(=O)(O)O. The zero-order valence-corrected chi connectivity index (χ0v) is 4.78. The van der Waals surface area contributed by atoms with Crippen LogP contribution in [0, 0.1) is 0 Å². The quantitative estimate of drug-likeness (QED) is 0.324. The maximum absolute atomic E-state index is 9.90. The molecule has 0 saturated carbocycles. The first-order valence-electron chi connectivity index (χ1n) is 1.74. The fraction of sp³-hybridized carbons (Fsp3) is 0.500. The molecule has 0 saturated heterocycles. The molecule has 6 heteroatoms. The minimum absolute atomic E-state index is 0.0147. The van der Waals surface area contributed by atoms with E-state index in [1.165, 1.54) is 0 Å². The Balaban J connectivity index is 4.02. The largest absolute Gasteiger partial charge is 0.349 e. The van der Waals surface area contributed by atoms with Crippen molar-refractivity contribution in [1.82, 2.24) is 0 Å². The van der Waals surface area contributed by atoms with Crippen LogP contribution in [0.1, 0.15) is 0 Å². The minimum Gasteiger partial charge on any atom is -0.323 e. The fourth-order valence-electron chi connectivity index (χ4n) is 0.0793. The van der Waals surface area contributed by atoms with Crippen LogP contribution in [0.2, 0.25) is 0 Å². The summed E-state index contributed by atoms with van der Waals surface area (Å²) in [7, 11) is -4.35. The summed E-state index contributed by atoms with van der Waals surface area (Å²) in [5, 5.41) is 0. The molecule has 0 aromatic carbocycles. The van der Waals surface area contributed by atoms with Crippen LogP contribution < -0.4 is 5.73 Å². The Bertz CT molecular complexity index is 128. The lowest BCUT2D eigenvalue weighted by Gasteiger charge is -2.03. The first-order chi connectivity index (χ1) is 3.48. The molecule has 8 heavy (non-hydrogen) atoms. The van der Waals surface area contributed by atoms with Crippen molar-refractivity contribution < 1.29 is 19.1 Å². The number of rotatable bonds is 2. The van der Waals surface area contributed by atoms with Gasteiger partial charge < -0.3 is 20.3 Å². The summed E-state index contributed by atoms with van der Waals surface area (Å²) in [6.45, 7) is 0. The van der Waals surface area contributed by atoms with Crippen molar-refractivity contribution in [3.8, 4) is 0 Å². The zero-order chi connectivity index (χ0) is 6.78. The van der Waals surface area contributed by atoms with E-state index in [1.54, 1.807) is 0 Å². The highest BCUT2D eigenvalue weighted by Crippen LogP contribution is 2.36. The van der Waals surface area contributed by atoms with Crippen molar-refractivity contribution in [2.75, 3.05) is 0 Å². The molecule has 0 bridgehead atoms. The summed E-state index contributed by atoms with van der Waals surface area (Å²) in [5.41, 5.74) is 4.62. The number of hydrogen-bond donors (Lipinski definition) is 3. The van der Waals surface area contributed by atoms with Crippen molar-refractivity contribution in [2.24, 2.45) is 5.73 Å². The maximum Gasteiger partial charge on any atom is 0.349 e. The summed E-state index contributed by atoms with van der Waals surface area (Å²) in [6.07, 6.45) is 0.0147. The average Bonchev–Trinajstić information content (AvgIpc) is 1.62. The van der Waals surface area contributed by atoms with Gasteiger partial charge in [0.05, 0.1) is 0 Å². The van der Waals surface area contributed by atoms with Crippen LogP contribution in [0.15, 0.2) is 0 Å². The van der Waals surface area contributed by atoms with E-state index in [0.29, 0.717) is 0 Å². The van der Waals surface area contributed by atoms with Crippen molar-refractivity contribution in [2.45, 2.75) is 5.78 Å². The van der Waals surface area contributed by atoms with Gasteiger partial charge in [-0.25, -0.2) is 0 Å². The number of nitrogens with two attached hydrogens (primary N) is 1. The van der Waals surface area contributed by atoms with E-state index >= 15 is 0 Å². The average molecular weight is 139 g/mol. The van der Waals surface area contributed by atoms with E-state index in [0.717, 1.165) is 0 Å². The van der Waals surface area contributed by atoms with Crippen LogP contribution in [0.25, 0.3) is 0 Å². The molecular formula is C2H6NO4P. The second kappa shape index (κ2) is 2.37. The summed E-state index contributed by atoms with van der Waals surface area (Å²) in [4.78, 5) is 25.6. The highest BCUT2D eigenvalue weighted by atomic mass is 31.2. The molecule has 0 heterocycles. The van der Waals surface area contributed by atoms with Crippen LogP contribution >= 0.6 is 7.60 Å². The molecule has 0 aliphatic carbocycles. The molecule has 0 aromatic rings. The number of carbonyl (C=O) groups is 1. The first-order valence-corrected chi connectivity index (χ1v) is 3.42. The standard InChI is InChI=1S/C2H6NO4P/c3-2(1-4)8(5,6)7/h1-2H,3H2,(H2,5,6,7). The Labute approximate surface area is 45.7 Å². The zero-order valence-electron chi connectivity index (χ0n) is 3.89. The Morgan fingerprint density at radius 1 is 1.62 bits per heavy atom. The highest BCUT2D eigenvalue weighted by Gasteiger charge is 2.22. The molecular weight excluding hydrogens is 133 g/mol. The Kier molecular flexibility index (Phi) is 2.30. The van der Waals surface area contributed by atoms with Gasteiger partial charge in [-0.05, 0) is 0 Å². The van der Waals surface area contributed by atoms with E-state index in [-0.39, 0.29) is 6.29 Å². The molecule has 1 atom stereocenters. The molecule has 0 rings (SSSR count). The molecule has 0 aliphatic heterocycles.